The molecule has 17 heavy (non-hydrogen) atoms. The molecule has 0 saturated carbocycles. The van der Waals surface area contributed by atoms with Crippen molar-refractivity contribution in [1.82, 2.24) is 5.32 Å². The van der Waals surface area contributed by atoms with Gasteiger partial charge in [-0.2, -0.15) is 0 Å². The topological polar surface area (TPSA) is 58.6 Å². The Balaban J connectivity index is 2.58. The molecule has 1 aromatic rings. The molecule has 1 unspecified atom stereocenters. The smallest absolute Gasteiger partial charge is 0.344 e. The lowest BCUT2D eigenvalue weighted by atomic mass is 10.2. The number of rotatable bonds is 7. The van der Waals surface area contributed by atoms with Crippen molar-refractivity contribution in [3.63, 3.8) is 0 Å². The van der Waals surface area contributed by atoms with Gasteiger partial charge < -0.3 is 15.2 Å². The third-order valence-electron chi connectivity index (χ3n) is 2.43. The molecule has 0 aliphatic heterocycles. The van der Waals surface area contributed by atoms with E-state index in [2.05, 4.69) is 12.2 Å². The highest BCUT2D eigenvalue weighted by molar-refractivity contribution is 5.72. The zero-order valence-corrected chi connectivity index (χ0v) is 10.3. The molecule has 0 spiro atoms. The molecule has 0 aliphatic carbocycles. The van der Waals surface area contributed by atoms with Gasteiger partial charge in [-0.1, -0.05) is 26.0 Å². The van der Waals surface area contributed by atoms with Gasteiger partial charge in [0.15, 0.2) is 6.10 Å². The fourth-order valence-corrected chi connectivity index (χ4v) is 1.43. The maximum Gasteiger partial charge on any atom is 0.344 e. The SMILES string of the molecule is CCNCc1ccc(OC(CC)C(=O)O)cc1. The summed E-state index contributed by atoms with van der Waals surface area (Å²) in [5.41, 5.74) is 1.16. The molecule has 0 aromatic heterocycles. The summed E-state index contributed by atoms with van der Waals surface area (Å²) in [6.07, 6.45) is -0.316. The van der Waals surface area contributed by atoms with Gasteiger partial charge in [0.25, 0.3) is 0 Å². The van der Waals surface area contributed by atoms with E-state index in [1.54, 1.807) is 19.1 Å². The van der Waals surface area contributed by atoms with Crippen LogP contribution in [-0.4, -0.2) is 23.7 Å². The normalized spacial score (nSPS) is 12.1. The van der Waals surface area contributed by atoms with Crippen LogP contribution in [0.15, 0.2) is 24.3 Å². The molecule has 1 rings (SSSR count). The van der Waals surface area contributed by atoms with E-state index < -0.39 is 12.1 Å². The van der Waals surface area contributed by atoms with Crippen molar-refractivity contribution in [2.45, 2.75) is 32.9 Å². The van der Waals surface area contributed by atoms with Crippen LogP contribution in [0.4, 0.5) is 0 Å². The van der Waals surface area contributed by atoms with E-state index in [1.165, 1.54) is 0 Å². The lowest BCUT2D eigenvalue weighted by Gasteiger charge is -2.13. The van der Waals surface area contributed by atoms with Crippen LogP contribution in [0.2, 0.25) is 0 Å². The van der Waals surface area contributed by atoms with Crippen LogP contribution in [0.1, 0.15) is 25.8 Å². The minimum Gasteiger partial charge on any atom is -0.479 e. The summed E-state index contributed by atoms with van der Waals surface area (Å²) >= 11 is 0. The Hall–Kier alpha value is -1.55. The van der Waals surface area contributed by atoms with Crippen molar-refractivity contribution >= 4 is 5.97 Å². The number of carbonyl (C=O) groups is 1. The summed E-state index contributed by atoms with van der Waals surface area (Å²) in [7, 11) is 0. The number of carboxylic acids is 1. The molecular weight excluding hydrogens is 218 g/mol. The molecule has 4 heteroatoms. The van der Waals surface area contributed by atoms with Crippen molar-refractivity contribution in [2.24, 2.45) is 0 Å². The number of ether oxygens (including phenoxy) is 1. The zero-order chi connectivity index (χ0) is 12.7. The van der Waals surface area contributed by atoms with Crippen LogP contribution < -0.4 is 10.1 Å². The van der Waals surface area contributed by atoms with Gasteiger partial charge in [-0.05, 0) is 30.7 Å². The largest absolute Gasteiger partial charge is 0.479 e. The number of nitrogens with one attached hydrogen (secondary N) is 1. The third kappa shape index (κ3) is 4.44. The lowest BCUT2D eigenvalue weighted by Crippen LogP contribution is -2.25. The van der Waals surface area contributed by atoms with Crippen molar-refractivity contribution in [3.05, 3.63) is 29.8 Å². The van der Waals surface area contributed by atoms with Gasteiger partial charge in [-0.15, -0.1) is 0 Å². The summed E-state index contributed by atoms with van der Waals surface area (Å²) in [6, 6.07) is 7.48. The average Bonchev–Trinajstić information content (AvgIpc) is 2.34. The fourth-order valence-electron chi connectivity index (χ4n) is 1.43. The Morgan fingerprint density at radius 1 is 1.35 bits per heavy atom. The quantitative estimate of drug-likeness (QED) is 0.762. The molecule has 1 atom stereocenters. The molecule has 0 bridgehead atoms. The molecule has 0 fully saturated rings. The maximum atomic E-state index is 10.8. The Kier molecular flexibility index (Phi) is 5.49. The fraction of sp³-hybridized carbons (Fsp3) is 0.462. The molecule has 0 aliphatic rings. The Bertz CT molecular complexity index is 348. The van der Waals surface area contributed by atoms with Crippen LogP contribution >= 0.6 is 0 Å². The highest BCUT2D eigenvalue weighted by Crippen LogP contribution is 2.15. The summed E-state index contributed by atoms with van der Waals surface area (Å²) in [5, 5.41) is 12.1. The summed E-state index contributed by atoms with van der Waals surface area (Å²) in [5.74, 6) is -0.330. The second-order valence-corrected chi connectivity index (χ2v) is 3.78. The molecule has 4 nitrogen and oxygen atoms in total. The van der Waals surface area contributed by atoms with Gasteiger partial charge in [0.1, 0.15) is 5.75 Å². The van der Waals surface area contributed by atoms with Crippen LogP contribution in [0.5, 0.6) is 5.75 Å². The number of hydrogen-bond acceptors (Lipinski definition) is 3. The molecule has 0 saturated heterocycles. The Morgan fingerprint density at radius 2 is 2.00 bits per heavy atom. The average molecular weight is 237 g/mol. The van der Waals surface area contributed by atoms with Gasteiger partial charge >= 0.3 is 5.97 Å². The van der Waals surface area contributed by atoms with E-state index in [4.69, 9.17) is 9.84 Å². The van der Waals surface area contributed by atoms with Gasteiger partial charge in [-0.25, -0.2) is 4.79 Å². The van der Waals surface area contributed by atoms with Crippen molar-refractivity contribution in [2.75, 3.05) is 6.54 Å². The van der Waals surface area contributed by atoms with Gasteiger partial charge in [0, 0.05) is 6.54 Å². The van der Waals surface area contributed by atoms with Gasteiger partial charge in [-0.3, -0.25) is 0 Å². The van der Waals surface area contributed by atoms with E-state index in [-0.39, 0.29) is 0 Å². The first-order valence-corrected chi connectivity index (χ1v) is 5.86. The van der Waals surface area contributed by atoms with Gasteiger partial charge in [0.2, 0.25) is 0 Å². The van der Waals surface area contributed by atoms with E-state index in [1.807, 2.05) is 12.1 Å². The van der Waals surface area contributed by atoms with E-state index in [9.17, 15) is 4.79 Å². The predicted octanol–water partition coefficient (Wildman–Crippen LogP) is 2.04. The minimum absolute atomic E-state index is 0.453. The minimum atomic E-state index is -0.927. The second kappa shape index (κ2) is 6.91. The van der Waals surface area contributed by atoms with Crippen molar-refractivity contribution in [1.29, 1.82) is 0 Å². The molecule has 94 valence electrons. The molecule has 0 heterocycles. The predicted molar refractivity (Wildman–Crippen MR) is 66.2 cm³/mol. The van der Waals surface area contributed by atoms with Gasteiger partial charge in [0.05, 0.1) is 0 Å². The zero-order valence-electron chi connectivity index (χ0n) is 10.3. The van der Waals surface area contributed by atoms with E-state index >= 15 is 0 Å². The number of aliphatic carboxylic acids is 1. The molecule has 0 radical (unpaired) electrons. The Morgan fingerprint density at radius 3 is 2.47 bits per heavy atom. The second-order valence-electron chi connectivity index (χ2n) is 3.78. The monoisotopic (exact) mass is 237 g/mol. The summed E-state index contributed by atoms with van der Waals surface area (Å²) in [6.45, 7) is 5.58. The van der Waals surface area contributed by atoms with Crippen LogP contribution in [-0.2, 0) is 11.3 Å². The van der Waals surface area contributed by atoms with Crippen molar-refractivity contribution < 1.29 is 14.6 Å². The molecule has 1 aromatic carbocycles. The van der Waals surface area contributed by atoms with E-state index in [0.29, 0.717) is 12.2 Å². The molecular formula is C13H19NO3. The Labute approximate surface area is 102 Å². The first-order chi connectivity index (χ1) is 8.17. The first kappa shape index (κ1) is 13.5. The highest BCUT2D eigenvalue weighted by Gasteiger charge is 2.16. The first-order valence-electron chi connectivity index (χ1n) is 5.86. The van der Waals surface area contributed by atoms with Crippen LogP contribution in [0, 0.1) is 0 Å². The van der Waals surface area contributed by atoms with Crippen LogP contribution in [0.25, 0.3) is 0 Å². The number of hydrogen-bond donors (Lipinski definition) is 2. The lowest BCUT2D eigenvalue weighted by molar-refractivity contribution is -0.145. The third-order valence-corrected chi connectivity index (χ3v) is 2.43. The molecule has 0 amide bonds. The summed E-state index contributed by atoms with van der Waals surface area (Å²) < 4.78 is 5.36. The van der Waals surface area contributed by atoms with Crippen LogP contribution in [0.3, 0.4) is 0 Å². The highest BCUT2D eigenvalue weighted by atomic mass is 16.5. The summed E-state index contributed by atoms with van der Waals surface area (Å²) in [4.78, 5) is 10.8. The standard InChI is InChI=1S/C13H19NO3/c1-3-12(13(15)16)17-11-7-5-10(6-8-11)9-14-4-2/h5-8,12,14H,3-4,9H2,1-2H3,(H,15,16). The van der Waals surface area contributed by atoms with E-state index in [0.717, 1.165) is 18.7 Å². The number of carboxylic acid groups (broad SMARTS) is 1. The molecule has 2 N–H and O–H groups in total. The number of benzene rings is 1. The maximum absolute atomic E-state index is 10.8. The van der Waals surface area contributed by atoms with Crippen molar-refractivity contribution in [3.8, 4) is 5.75 Å².